The Morgan fingerprint density at radius 1 is 1.16 bits per heavy atom. The second kappa shape index (κ2) is 7.38. The van der Waals surface area contributed by atoms with Crippen LogP contribution in [0.5, 0.6) is 0 Å². The van der Waals surface area contributed by atoms with Gasteiger partial charge in [-0.25, -0.2) is 0 Å². The molecule has 2 heterocycles. The number of benzene rings is 1. The lowest BCUT2D eigenvalue weighted by molar-refractivity contribution is 0.0739. The van der Waals surface area contributed by atoms with Crippen molar-refractivity contribution in [3.05, 3.63) is 58.7 Å². The average molecular weight is 391 g/mol. The number of aliphatic hydroxyl groups is 1. The van der Waals surface area contributed by atoms with Crippen molar-refractivity contribution in [1.29, 1.82) is 0 Å². The number of aromatic nitrogens is 1. The molecule has 25 heavy (non-hydrogen) atoms. The molecule has 6 heteroatoms. The van der Waals surface area contributed by atoms with Crippen molar-refractivity contribution in [1.82, 2.24) is 4.98 Å². The number of pyridine rings is 1. The van der Waals surface area contributed by atoms with E-state index in [9.17, 15) is 5.11 Å². The molecule has 0 saturated heterocycles. The SMILES string of the molecule is CSNc1ccc(-c2csc(-c3ccnc(C(C)(C)O)c3)c2)c(Cl)c1. The molecule has 2 N–H and O–H groups in total. The molecule has 0 saturated carbocycles. The fraction of sp³-hybridized carbons (Fsp3) is 0.211. The van der Waals surface area contributed by atoms with Crippen LogP contribution in [0.15, 0.2) is 48.0 Å². The molecule has 0 unspecified atom stereocenters. The minimum Gasteiger partial charge on any atom is -0.384 e. The molecule has 2 aromatic heterocycles. The zero-order valence-electron chi connectivity index (χ0n) is 14.2. The number of hydrogen-bond acceptors (Lipinski definition) is 5. The minimum atomic E-state index is -0.959. The van der Waals surface area contributed by atoms with E-state index in [1.54, 1.807) is 31.4 Å². The Balaban J connectivity index is 1.93. The first kappa shape index (κ1) is 18.3. The Hall–Kier alpha value is -1.53. The highest BCUT2D eigenvalue weighted by Gasteiger charge is 2.18. The third-order valence-corrected chi connectivity index (χ3v) is 5.50. The fourth-order valence-corrected chi connectivity index (χ4v) is 4.04. The molecule has 0 bridgehead atoms. The lowest BCUT2D eigenvalue weighted by Crippen LogP contribution is -2.17. The molecule has 0 aliphatic carbocycles. The number of hydrogen-bond donors (Lipinski definition) is 2. The molecule has 0 fully saturated rings. The van der Waals surface area contributed by atoms with Crippen LogP contribution in [0.2, 0.25) is 5.02 Å². The molecule has 0 aliphatic rings. The summed E-state index contributed by atoms with van der Waals surface area (Å²) in [6, 6.07) is 12.0. The van der Waals surface area contributed by atoms with Gasteiger partial charge >= 0.3 is 0 Å². The summed E-state index contributed by atoms with van der Waals surface area (Å²) in [7, 11) is 0. The van der Waals surface area contributed by atoms with Gasteiger partial charge in [0.1, 0.15) is 5.60 Å². The quantitative estimate of drug-likeness (QED) is 0.520. The maximum Gasteiger partial charge on any atom is 0.101 e. The highest BCUT2D eigenvalue weighted by atomic mass is 35.5. The maximum absolute atomic E-state index is 10.2. The summed E-state index contributed by atoms with van der Waals surface area (Å²) in [4.78, 5) is 5.38. The van der Waals surface area contributed by atoms with Gasteiger partial charge in [-0.2, -0.15) is 0 Å². The number of rotatable bonds is 5. The summed E-state index contributed by atoms with van der Waals surface area (Å²) >= 11 is 9.64. The van der Waals surface area contributed by atoms with Crippen LogP contribution in [0.25, 0.3) is 21.6 Å². The maximum atomic E-state index is 10.2. The average Bonchev–Trinajstić information content (AvgIpc) is 3.04. The lowest BCUT2D eigenvalue weighted by atomic mass is 10.0. The standard InChI is InChI=1S/C19H19ClN2OS2/c1-19(2,23)18-9-12(6-7-21-18)17-8-13(11-25-17)15-5-4-14(22-24-3)10-16(15)20/h4-11,22-23H,1-3H3. The smallest absolute Gasteiger partial charge is 0.101 e. The van der Waals surface area contributed by atoms with Crippen LogP contribution < -0.4 is 4.72 Å². The minimum absolute atomic E-state index is 0.658. The van der Waals surface area contributed by atoms with Crippen LogP contribution in [0, 0.1) is 0 Å². The summed E-state index contributed by atoms with van der Waals surface area (Å²) in [6.07, 6.45) is 3.71. The predicted octanol–water partition coefficient (Wildman–Crippen LogP) is 6.05. The van der Waals surface area contributed by atoms with E-state index in [-0.39, 0.29) is 0 Å². The lowest BCUT2D eigenvalue weighted by Gasteiger charge is -2.16. The van der Waals surface area contributed by atoms with E-state index in [2.05, 4.69) is 21.2 Å². The largest absolute Gasteiger partial charge is 0.384 e. The van der Waals surface area contributed by atoms with E-state index in [1.807, 2.05) is 36.6 Å². The summed E-state index contributed by atoms with van der Waals surface area (Å²) in [5.41, 5.74) is 3.82. The zero-order chi connectivity index (χ0) is 18.0. The zero-order valence-corrected chi connectivity index (χ0v) is 16.6. The highest BCUT2D eigenvalue weighted by Crippen LogP contribution is 2.37. The van der Waals surface area contributed by atoms with Crippen LogP contribution in [0.4, 0.5) is 5.69 Å². The molecule has 3 rings (SSSR count). The van der Waals surface area contributed by atoms with Crippen molar-refractivity contribution in [2.75, 3.05) is 11.0 Å². The van der Waals surface area contributed by atoms with Crippen LogP contribution in [-0.4, -0.2) is 16.3 Å². The van der Waals surface area contributed by atoms with Gasteiger partial charge in [0, 0.05) is 28.6 Å². The molecule has 3 aromatic rings. The summed E-state index contributed by atoms with van der Waals surface area (Å²) in [5, 5.41) is 13.0. The van der Waals surface area contributed by atoms with E-state index in [1.165, 1.54) is 11.9 Å². The number of nitrogens with one attached hydrogen (secondary N) is 1. The van der Waals surface area contributed by atoms with Gasteiger partial charge < -0.3 is 9.83 Å². The number of halogens is 1. The number of nitrogens with zero attached hydrogens (tertiary/aromatic N) is 1. The van der Waals surface area contributed by atoms with E-state index in [0.29, 0.717) is 5.69 Å². The van der Waals surface area contributed by atoms with Crippen molar-refractivity contribution in [2.45, 2.75) is 19.4 Å². The van der Waals surface area contributed by atoms with Crippen molar-refractivity contribution < 1.29 is 5.11 Å². The van der Waals surface area contributed by atoms with E-state index >= 15 is 0 Å². The molecule has 0 radical (unpaired) electrons. The summed E-state index contributed by atoms with van der Waals surface area (Å²) in [6.45, 7) is 3.48. The van der Waals surface area contributed by atoms with Gasteiger partial charge in [0.15, 0.2) is 0 Å². The predicted molar refractivity (Wildman–Crippen MR) is 110 cm³/mol. The van der Waals surface area contributed by atoms with Crippen molar-refractivity contribution in [2.24, 2.45) is 0 Å². The molecule has 0 atom stereocenters. The third kappa shape index (κ3) is 4.18. The third-order valence-electron chi connectivity index (χ3n) is 3.77. The summed E-state index contributed by atoms with van der Waals surface area (Å²) in [5.74, 6) is 0. The summed E-state index contributed by atoms with van der Waals surface area (Å²) < 4.78 is 3.18. The van der Waals surface area contributed by atoms with Gasteiger partial charge in [-0.1, -0.05) is 29.6 Å². The Morgan fingerprint density at radius 3 is 2.64 bits per heavy atom. The van der Waals surface area contributed by atoms with E-state index in [4.69, 9.17) is 11.6 Å². The normalized spacial score (nSPS) is 11.6. The molecule has 0 amide bonds. The van der Waals surface area contributed by atoms with Crippen molar-refractivity contribution in [3.8, 4) is 21.6 Å². The fourth-order valence-electron chi connectivity index (χ4n) is 2.48. The van der Waals surface area contributed by atoms with Crippen LogP contribution in [0.3, 0.4) is 0 Å². The Kier molecular flexibility index (Phi) is 5.39. The van der Waals surface area contributed by atoms with Crippen LogP contribution >= 0.6 is 34.9 Å². The second-order valence-corrected chi connectivity index (χ2v) is 8.12. The first-order valence-corrected chi connectivity index (χ1v) is 10.2. The number of thiophene rings is 1. The first-order valence-electron chi connectivity index (χ1n) is 7.75. The monoisotopic (exact) mass is 390 g/mol. The van der Waals surface area contributed by atoms with Crippen molar-refractivity contribution >= 4 is 40.6 Å². The van der Waals surface area contributed by atoms with Gasteiger partial charge in [-0.15, -0.1) is 11.3 Å². The second-order valence-electron chi connectivity index (χ2n) is 6.19. The van der Waals surface area contributed by atoms with Gasteiger partial charge in [0.2, 0.25) is 0 Å². The molecular formula is C19H19ClN2OS2. The van der Waals surface area contributed by atoms with Crippen molar-refractivity contribution in [3.63, 3.8) is 0 Å². The first-order chi connectivity index (χ1) is 11.9. The molecule has 0 aliphatic heterocycles. The molecule has 0 spiro atoms. The van der Waals surface area contributed by atoms with Gasteiger partial charge in [0.05, 0.1) is 10.7 Å². The van der Waals surface area contributed by atoms with E-state index < -0.39 is 5.60 Å². The molecule has 1 aromatic carbocycles. The molecule has 3 nitrogen and oxygen atoms in total. The Morgan fingerprint density at radius 2 is 1.96 bits per heavy atom. The number of anilines is 1. The van der Waals surface area contributed by atoms with Crippen LogP contribution in [0.1, 0.15) is 19.5 Å². The topological polar surface area (TPSA) is 45.2 Å². The Labute approximate surface area is 161 Å². The van der Waals surface area contributed by atoms with Crippen LogP contribution in [-0.2, 0) is 5.60 Å². The highest BCUT2D eigenvalue weighted by molar-refractivity contribution is 7.99. The Bertz CT molecular complexity index is 887. The van der Waals surface area contributed by atoms with Gasteiger partial charge in [-0.05, 0) is 60.7 Å². The van der Waals surface area contributed by atoms with E-state index in [0.717, 1.165) is 32.3 Å². The molecule has 130 valence electrons. The molecular weight excluding hydrogens is 372 g/mol. The van der Waals surface area contributed by atoms with Gasteiger partial charge in [0.25, 0.3) is 0 Å². The van der Waals surface area contributed by atoms with Gasteiger partial charge in [-0.3, -0.25) is 4.98 Å².